The minimum atomic E-state index is -4.52. The average Bonchev–Trinajstić information content (AvgIpc) is 2.68. The average molecular weight is 384 g/mol. The van der Waals surface area contributed by atoms with E-state index < -0.39 is 20.1 Å². The zero-order valence-corrected chi connectivity index (χ0v) is 14.8. The molecule has 0 fully saturated rings. The SMILES string of the molecule is O=C(c1ccccc1)S(=O)(=O)C(=O)c1ccccc1.Oc1cccc(O)c1. The van der Waals surface area contributed by atoms with Crippen LogP contribution in [0.3, 0.4) is 0 Å². The molecule has 27 heavy (non-hydrogen) atoms. The topological polar surface area (TPSA) is 109 Å². The summed E-state index contributed by atoms with van der Waals surface area (Å²) in [4.78, 5) is 23.7. The summed E-state index contributed by atoms with van der Waals surface area (Å²) in [7, 11) is -4.52. The highest BCUT2D eigenvalue weighted by Gasteiger charge is 2.32. The molecule has 0 heterocycles. The Morgan fingerprint density at radius 1 is 0.593 bits per heavy atom. The van der Waals surface area contributed by atoms with Gasteiger partial charge in [-0.15, -0.1) is 0 Å². The smallest absolute Gasteiger partial charge is 0.284 e. The molecule has 138 valence electrons. The lowest BCUT2D eigenvalue weighted by Crippen LogP contribution is -2.24. The zero-order chi connectivity index (χ0) is 19.9. The summed E-state index contributed by atoms with van der Waals surface area (Å²) in [5, 5.41) is 14.9. The molecule has 6 nitrogen and oxygen atoms in total. The normalized spacial score (nSPS) is 10.4. The molecule has 0 saturated heterocycles. The first-order valence-electron chi connectivity index (χ1n) is 7.74. The highest BCUT2D eigenvalue weighted by atomic mass is 32.2. The van der Waals surface area contributed by atoms with Crippen LogP contribution in [0.2, 0.25) is 0 Å². The predicted octanol–water partition coefficient (Wildman–Crippen LogP) is 3.18. The Balaban J connectivity index is 0.000000273. The van der Waals surface area contributed by atoms with Crippen molar-refractivity contribution < 1.29 is 28.2 Å². The fraction of sp³-hybridized carbons (Fsp3) is 0. The van der Waals surface area contributed by atoms with Gasteiger partial charge in [0.25, 0.3) is 20.1 Å². The lowest BCUT2D eigenvalue weighted by molar-refractivity contribution is 0.104. The van der Waals surface area contributed by atoms with Crippen LogP contribution in [0, 0.1) is 0 Å². The number of carbonyl (C=O) groups is 2. The number of hydrogen-bond donors (Lipinski definition) is 2. The Morgan fingerprint density at radius 3 is 1.26 bits per heavy atom. The first-order chi connectivity index (χ1) is 12.8. The number of aromatic hydroxyl groups is 2. The van der Waals surface area contributed by atoms with E-state index in [-0.39, 0.29) is 22.6 Å². The Bertz CT molecular complexity index is 954. The molecule has 0 aromatic heterocycles. The third kappa shape index (κ3) is 5.26. The summed E-state index contributed by atoms with van der Waals surface area (Å²) in [6.45, 7) is 0. The molecule has 0 aliphatic carbocycles. The molecule has 7 heteroatoms. The summed E-state index contributed by atoms with van der Waals surface area (Å²) < 4.78 is 23.9. The minimum Gasteiger partial charge on any atom is -0.508 e. The molecule has 3 rings (SSSR count). The van der Waals surface area contributed by atoms with Gasteiger partial charge in [-0.1, -0.05) is 66.7 Å². The number of sulfone groups is 1. The fourth-order valence-electron chi connectivity index (χ4n) is 2.04. The van der Waals surface area contributed by atoms with Crippen LogP contribution in [-0.2, 0) is 9.84 Å². The van der Waals surface area contributed by atoms with E-state index in [0.29, 0.717) is 0 Å². The van der Waals surface area contributed by atoms with Gasteiger partial charge >= 0.3 is 0 Å². The summed E-state index contributed by atoms with van der Waals surface area (Å²) in [6, 6.07) is 20.7. The van der Waals surface area contributed by atoms with Crippen molar-refractivity contribution >= 4 is 20.1 Å². The van der Waals surface area contributed by atoms with E-state index in [9.17, 15) is 18.0 Å². The fourth-order valence-corrected chi connectivity index (χ4v) is 3.10. The summed E-state index contributed by atoms with van der Waals surface area (Å²) in [6.07, 6.45) is 0. The van der Waals surface area contributed by atoms with E-state index in [1.807, 2.05) is 0 Å². The Labute approximate surface area is 156 Å². The van der Waals surface area contributed by atoms with Crippen molar-refractivity contribution in [3.05, 3.63) is 96.1 Å². The van der Waals surface area contributed by atoms with E-state index in [2.05, 4.69) is 0 Å². The number of carbonyl (C=O) groups excluding carboxylic acids is 2. The molecule has 3 aromatic rings. The number of phenolic OH excluding ortho intramolecular Hbond substituents is 2. The van der Waals surface area contributed by atoms with Crippen LogP contribution < -0.4 is 0 Å². The van der Waals surface area contributed by atoms with E-state index in [1.54, 1.807) is 18.2 Å². The van der Waals surface area contributed by atoms with Crippen LogP contribution in [-0.4, -0.2) is 28.9 Å². The summed E-state index contributed by atoms with van der Waals surface area (Å²) in [5.41, 5.74) is -0.0430. The highest BCUT2D eigenvalue weighted by molar-refractivity contribution is 8.19. The van der Waals surface area contributed by atoms with Gasteiger partial charge in [0.15, 0.2) is 0 Å². The Kier molecular flexibility index (Phi) is 6.46. The van der Waals surface area contributed by atoms with Crippen LogP contribution in [0.1, 0.15) is 20.7 Å². The van der Waals surface area contributed by atoms with Gasteiger partial charge in [-0.05, 0) is 12.1 Å². The van der Waals surface area contributed by atoms with Crippen molar-refractivity contribution in [2.24, 2.45) is 0 Å². The molecule has 0 spiro atoms. The maximum Gasteiger partial charge on any atom is 0.284 e. The second-order valence-electron chi connectivity index (χ2n) is 5.33. The highest BCUT2D eigenvalue weighted by Crippen LogP contribution is 2.15. The third-order valence-electron chi connectivity index (χ3n) is 3.34. The van der Waals surface area contributed by atoms with Crippen molar-refractivity contribution in [3.8, 4) is 11.5 Å². The van der Waals surface area contributed by atoms with Crippen LogP contribution in [0.4, 0.5) is 0 Å². The standard InChI is InChI=1S/C14H10O4S.C6H6O2/c15-13(11-7-3-1-4-8-11)19(17,18)14(16)12-9-5-2-6-10-12;7-5-2-1-3-6(8)4-5/h1-10H;1-4,7-8H. The Hall–Kier alpha value is -3.45. The molecular weight excluding hydrogens is 368 g/mol. The maximum absolute atomic E-state index is 11.9. The van der Waals surface area contributed by atoms with Gasteiger partial charge in [0.2, 0.25) is 0 Å². The molecular formula is C20H16O6S. The summed E-state index contributed by atoms with van der Waals surface area (Å²) >= 11 is 0. The monoisotopic (exact) mass is 384 g/mol. The Morgan fingerprint density at radius 2 is 0.963 bits per heavy atom. The van der Waals surface area contributed by atoms with Crippen molar-refractivity contribution in [1.82, 2.24) is 0 Å². The van der Waals surface area contributed by atoms with Crippen molar-refractivity contribution in [3.63, 3.8) is 0 Å². The van der Waals surface area contributed by atoms with Crippen molar-refractivity contribution in [1.29, 1.82) is 0 Å². The first kappa shape index (κ1) is 19.9. The van der Waals surface area contributed by atoms with Gasteiger partial charge in [0.1, 0.15) is 11.5 Å². The van der Waals surface area contributed by atoms with Gasteiger partial charge < -0.3 is 10.2 Å². The van der Waals surface area contributed by atoms with E-state index in [0.717, 1.165) is 0 Å². The second-order valence-corrected chi connectivity index (χ2v) is 7.08. The summed E-state index contributed by atoms with van der Waals surface area (Å²) in [5.74, 6) is 0.176. The molecule has 3 aromatic carbocycles. The molecule has 0 saturated carbocycles. The van der Waals surface area contributed by atoms with Gasteiger partial charge in [-0.2, -0.15) is 0 Å². The zero-order valence-electron chi connectivity index (χ0n) is 14.0. The van der Waals surface area contributed by atoms with Gasteiger partial charge in [-0.25, -0.2) is 8.42 Å². The molecule has 0 bridgehead atoms. The van der Waals surface area contributed by atoms with Crippen LogP contribution in [0.25, 0.3) is 0 Å². The molecule has 2 N–H and O–H groups in total. The van der Waals surface area contributed by atoms with Crippen molar-refractivity contribution in [2.45, 2.75) is 0 Å². The quantitative estimate of drug-likeness (QED) is 0.702. The van der Waals surface area contributed by atoms with Crippen LogP contribution in [0.5, 0.6) is 11.5 Å². The minimum absolute atomic E-state index is 0.0215. The third-order valence-corrected chi connectivity index (χ3v) is 4.78. The molecule has 0 radical (unpaired) electrons. The number of rotatable bonds is 2. The van der Waals surface area contributed by atoms with E-state index in [1.165, 1.54) is 66.7 Å². The molecule has 0 atom stereocenters. The largest absolute Gasteiger partial charge is 0.508 e. The molecule has 0 aliphatic rings. The van der Waals surface area contributed by atoms with E-state index in [4.69, 9.17) is 10.2 Å². The predicted molar refractivity (Wildman–Crippen MR) is 100 cm³/mol. The first-order valence-corrected chi connectivity index (χ1v) is 9.22. The van der Waals surface area contributed by atoms with Gasteiger partial charge in [0.05, 0.1) is 0 Å². The molecule has 0 amide bonds. The lowest BCUT2D eigenvalue weighted by Gasteiger charge is -2.02. The maximum atomic E-state index is 11.9. The van der Waals surface area contributed by atoms with Gasteiger partial charge in [0, 0.05) is 17.2 Å². The van der Waals surface area contributed by atoms with Crippen molar-refractivity contribution in [2.75, 3.05) is 0 Å². The lowest BCUT2D eigenvalue weighted by atomic mass is 10.2. The van der Waals surface area contributed by atoms with Crippen LogP contribution in [0.15, 0.2) is 84.9 Å². The van der Waals surface area contributed by atoms with Crippen LogP contribution >= 0.6 is 0 Å². The van der Waals surface area contributed by atoms with Gasteiger partial charge in [-0.3, -0.25) is 9.59 Å². The van der Waals surface area contributed by atoms with E-state index >= 15 is 0 Å². The molecule has 0 aliphatic heterocycles. The molecule has 0 unspecified atom stereocenters. The number of benzene rings is 3. The second kappa shape index (κ2) is 8.77. The number of hydrogen-bond acceptors (Lipinski definition) is 6. The number of phenols is 2.